The zero-order valence-electron chi connectivity index (χ0n) is 11.8. The highest BCUT2D eigenvalue weighted by Gasteiger charge is 2.18. The lowest BCUT2D eigenvalue weighted by molar-refractivity contribution is 0.0536. The van der Waals surface area contributed by atoms with Gasteiger partial charge in [0.2, 0.25) is 0 Å². The molecule has 1 aromatic carbocycles. The molecule has 1 aliphatic rings. The van der Waals surface area contributed by atoms with E-state index in [0.29, 0.717) is 30.2 Å². The van der Waals surface area contributed by atoms with E-state index in [1.807, 2.05) is 0 Å². The molecule has 0 bridgehead atoms. The summed E-state index contributed by atoms with van der Waals surface area (Å²) in [6.45, 7) is 3.70. The van der Waals surface area contributed by atoms with Gasteiger partial charge in [-0.2, -0.15) is 0 Å². The molecule has 7 heteroatoms. The summed E-state index contributed by atoms with van der Waals surface area (Å²) in [5.74, 6) is 0.0168. The minimum absolute atomic E-state index is 0.0686. The summed E-state index contributed by atoms with van der Waals surface area (Å²) >= 11 is 0. The van der Waals surface area contributed by atoms with Gasteiger partial charge >= 0.3 is 0 Å². The van der Waals surface area contributed by atoms with Gasteiger partial charge in [-0.3, -0.25) is 4.79 Å². The third-order valence-corrected chi connectivity index (χ3v) is 4.89. The highest BCUT2D eigenvalue weighted by Crippen LogP contribution is 2.19. The standard InChI is InChI=1S/C14H18ClNO4S/c1-10-4-5-12(21(15,18)19)7-13(10)14(17)16-8-11-3-2-6-20-9-11/h4-5,7,11H,2-3,6,8-9H2,1H3,(H,16,17). The minimum Gasteiger partial charge on any atom is -0.381 e. The Morgan fingerprint density at radius 3 is 2.86 bits per heavy atom. The highest BCUT2D eigenvalue weighted by atomic mass is 35.7. The lowest BCUT2D eigenvalue weighted by Crippen LogP contribution is -2.33. The molecular formula is C14H18ClNO4S. The van der Waals surface area contributed by atoms with E-state index in [1.54, 1.807) is 13.0 Å². The maximum absolute atomic E-state index is 12.2. The monoisotopic (exact) mass is 331 g/mol. The maximum atomic E-state index is 12.2. The summed E-state index contributed by atoms with van der Waals surface area (Å²) in [5.41, 5.74) is 1.03. The van der Waals surface area contributed by atoms with Gasteiger partial charge in [0, 0.05) is 29.4 Å². The first-order valence-electron chi connectivity index (χ1n) is 6.79. The average molecular weight is 332 g/mol. The molecule has 1 atom stereocenters. The van der Waals surface area contributed by atoms with Crippen molar-refractivity contribution in [1.82, 2.24) is 5.32 Å². The quantitative estimate of drug-likeness (QED) is 0.857. The fourth-order valence-electron chi connectivity index (χ4n) is 2.30. The van der Waals surface area contributed by atoms with Crippen molar-refractivity contribution in [2.75, 3.05) is 19.8 Å². The van der Waals surface area contributed by atoms with Crippen LogP contribution in [0.1, 0.15) is 28.8 Å². The van der Waals surface area contributed by atoms with Crippen LogP contribution in [0.2, 0.25) is 0 Å². The molecule has 116 valence electrons. The van der Waals surface area contributed by atoms with Crippen LogP contribution in [0.15, 0.2) is 23.1 Å². The smallest absolute Gasteiger partial charge is 0.261 e. The Balaban J connectivity index is 2.07. The zero-order valence-corrected chi connectivity index (χ0v) is 13.3. The molecule has 1 aromatic rings. The largest absolute Gasteiger partial charge is 0.381 e. The number of carbonyl (C=O) groups is 1. The molecule has 1 aliphatic heterocycles. The average Bonchev–Trinajstić information content (AvgIpc) is 2.45. The van der Waals surface area contributed by atoms with E-state index in [4.69, 9.17) is 15.4 Å². The van der Waals surface area contributed by atoms with Gasteiger partial charge in [0.25, 0.3) is 15.0 Å². The molecule has 2 rings (SSSR count). The molecule has 0 aliphatic carbocycles. The minimum atomic E-state index is -3.84. The highest BCUT2D eigenvalue weighted by molar-refractivity contribution is 8.13. The van der Waals surface area contributed by atoms with Crippen LogP contribution >= 0.6 is 10.7 Å². The van der Waals surface area contributed by atoms with Crippen molar-refractivity contribution < 1.29 is 17.9 Å². The summed E-state index contributed by atoms with van der Waals surface area (Å²) in [4.78, 5) is 12.1. The van der Waals surface area contributed by atoms with Gasteiger partial charge < -0.3 is 10.1 Å². The van der Waals surface area contributed by atoms with Crippen LogP contribution in [-0.4, -0.2) is 34.1 Å². The molecule has 1 unspecified atom stereocenters. The number of hydrogen-bond acceptors (Lipinski definition) is 4. The molecular weight excluding hydrogens is 314 g/mol. The van der Waals surface area contributed by atoms with Gasteiger partial charge in [-0.1, -0.05) is 6.07 Å². The van der Waals surface area contributed by atoms with Crippen molar-refractivity contribution in [3.8, 4) is 0 Å². The summed E-state index contributed by atoms with van der Waals surface area (Å²) in [5, 5.41) is 2.83. The Hall–Kier alpha value is -1.11. The van der Waals surface area contributed by atoms with Crippen LogP contribution in [0.5, 0.6) is 0 Å². The predicted octanol–water partition coefficient (Wildman–Crippen LogP) is 2.08. The van der Waals surface area contributed by atoms with Crippen LogP contribution in [-0.2, 0) is 13.8 Å². The number of aryl methyl sites for hydroxylation is 1. The van der Waals surface area contributed by atoms with Gasteiger partial charge in [0.1, 0.15) is 0 Å². The second kappa shape index (κ2) is 6.77. The number of benzene rings is 1. The molecule has 0 aromatic heterocycles. The fourth-order valence-corrected chi connectivity index (χ4v) is 3.08. The van der Waals surface area contributed by atoms with Gasteiger partial charge in [-0.15, -0.1) is 0 Å². The van der Waals surface area contributed by atoms with E-state index in [0.717, 1.165) is 19.4 Å². The Morgan fingerprint density at radius 2 is 2.24 bits per heavy atom. The third kappa shape index (κ3) is 4.43. The van der Waals surface area contributed by atoms with Crippen LogP contribution in [0.4, 0.5) is 0 Å². The summed E-state index contributed by atoms with van der Waals surface area (Å²) < 4.78 is 28.0. The second-order valence-corrected chi connectivity index (χ2v) is 7.77. The van der Waals surface area contributed by atoms with E-state index in [9.17, 15) is 13.2 Å². The van der Waals surface area contributed by atoms with Crippen molar-refractivity contribution in [1.29, 1.82) is 0 Å². The van der Waals surface area contributed by atoms with Crippen LogP contribution < -0.4 is 5.32 Å². The van der Waals surface area contributed by atoms with Crippen LogP contribution in [0, 0.1) is 12.8 Å². The summed E-state index contributed by atoms with van der Waals surface area (Å²) in [6, 6.07) is 4.28. The number of rotatable bonds is 4. The van der Waals surface area contributed by atoms with Crippen LogP contribution in [0.25, 0.3) is 0 Å². The molecule has 1 N–H and O–H groups in total. The molecule has 1 saturated heterocycles. The van der Waals surface area contributed by atoms with Gasteiger partial charge in [0.05, 0.1) is 11.5 Å². The first kappa shape index (κ1) is 16.3. The molecule has 0 spiro atoms. The second-order valence-electron chi connectivity index (χ2n) is 5.21. The molecule has 0 saturated carbocycles. The zero-order chi connectivity index (χ0) is 15.5. The van der Waals surface area contributed by atoms with E-state index < -0.39 is 9.05 Å². The number of halogens is 1. The normalized spacial score (nSPS) is 19.2. The lowest BCUT2D eigenvalue weighted by atomic mass is 10.0. The number of amides is 1. The molecule has 1 fully saturated rings. The topological polar surface area (TPSA) is 72.5 Å². The van der Waals surface area contributed by atoms with Crippen LogP contribution in [0.3, 0.4) is 0 Å². The van der Waals surface area contributed by atoms with Crippen molar-refractivity contribution >= 4 is 25.6 Å². The lowest BCUT2D eigenvalue weighted by Gasteiger charge is -2.22. The maximum Gasteiger partial charge on any atom is 0.261 e. The Labute approximate surface area is 129 Å². The van der Waals surface area contributed by atoms with Gasteiger partial charge in [0.15, 0.2) is 0 Å². The molecule has 0 radical (unpaired) electrons. The SMILES string of the molecule is Cc1ccc(S(=O)(=O)Cl)cc1C(=O)NCC1CCCOC1. The number of ether oxygens (including phenoxy) is 1. The van der Waals surface area contributed by atoms with Crippen molar-refractivity contribution in [3.05, 3.63) is 29.3 Å². The summed E-state index contributed by atoms with van der Waals surface area (Å²) in [7, 11) is 1.47. The van der Waals surface area contributed by atoms with E-state index in [1.165, 1.54) is 12.1 Å². The fraction of sp³-hybridized carbons (Fsp3) is 0.500. The Bertz CT molecular complexity index is 624. The summed E-state index contributed by atoms with van der Waals surface area (Å²) in [6.07, 6.45) is 2.02. The van der Waals surface area contributed by atoms with Crippen molar-refractivity contribution in [3.63, 3.8) is 0 Å². The third-order valence-electron chi connectivity index (χ3n) is 3.54. The number of hydrogen-bond donors (Lipinski definition) is 1. The predicted molar refractivity (Wildman–Crippen MR) is 80.1 cm³/mol. The van der Waals surface area contributed by atoms with Crippen molar-refractivity contribution in [2.45, 2.75) is 24.7 Å². The van der Waals surface area contributed by atoms with Gasteiger partial charge in [-0.05, 0) is 43.4 Å². The molecule has 5 nitrogen and oxygen atoms in total. The Morgan fingerprint density at radius 1 is 1.48 bits per heavy atom. The molecule has 1 amide bonds. The first-order chi connectivity index (χ1) is 9.88. The number of carbonyl (C=O) groups excluding carboxylic acids is 1. The molecule has 1 heterocycles. The van der Waals surface area contributed by atoms with Gasteiger partial charge in [-0.25, -0.2) is 8.42 Å². The number of nitrogens with one attached hydrogen (secondary N) is 1. The van der Waals surface area contributed by atoms with E-state index in [-0.39, 0.29) is 10.8 Å². The Kier molecular flexibility index (Phi) is 5.24. The van der Waals surface area contributed by atoms with Crippen molar-refractivity contribution in [2.24, 2.45) is 5.92 Å². The van der Waals surface area contributed by atoms with E-state index >= 15 is 0 Å². The van der Waals surface area contributed by atoms with E-state index in [2.05, 4.69) is 5.32 Å². The molecule has 21 heavy (non-hydrogen) atoms. The first-order valence-corrected chi connectivity index (χ1v) is 9.10.